The maximum Gasteiger partial charge on any atom is 0.335 e. The summed E-state index contributed by atoms with van der Waals surface area (Å²) in [7, 11) is 0. The number of benzene rings is 1. The number of aromatic carboxylic acids is 1. The van der Waals surface area contributed by atoms with Crippen LogP contribution in [0.5, 0.6) is 0 Å². The van der Waals surface area contributed by atoms with Gasteiger partial charge < -0.3 is 5.11 Å². The predicted octanol–water partition coefficient (Wildman–Crippen LogP) is 6.40. The first-order valence-electron chi connectivity index (χ1n) is 12.0. The molecule has 3 heteroatoms. The van der Waals surface area contributed by atoms with Crippen LogP contribution < -0.4 is 0 Å². The summed E-state index contributed by atoms with van der Waals surface area (Å²) in [6.45, 7) is 6.79. The van der Waals surface area contributed by atoms with Gasteiger partial charge in [-0.05, 0) is 110 Å². The number of carbonyl (C=O) groups is 2. The number of hydrogen-bond donors (Lipinski definition) is 1. The highest BCUT2D eigenvalue weighted by molar-refractivity contribution is 5.88. The van der Waals surface area contributed by atoms with Gasteiger partial charge in [0.1, 0.15) is 5.78 Å². The molecule has 1 aromatic carbocycles. The van der Waals surface area contributed by atoms with Gasteiger partial charge in [0.25, 0.3) is 0 Å². The third-order valence-corrected chi connectivity index (χ3v) is 10.1. The lowest BCUT2D eigenvalue weighted by atomic mass is 9.46. The second-order valence-corrected chi connectivity index (χ2v) is 11.9. The van der Waals surface area contributed by atoms with Gasteiger partial charge in [0.05, 0.1) is 5.56 Å². The van der Waals surface area contributed by atoms with Crippen molar-refractivity contribution in [3.8, 4) is 0 Å². The number of rotatable bonds is 1. The van der Waals surface area contributed by atoms with Gasteiger partial charge in [-0.25, -0.2) is 4.79 Å². The summed E-state index contributed by atoms with van der Waals surface area (Å²) < 4.78 is 0. The zero-order valence-electron chi connectivity index (χ0n) is 18.8. The molecular formula is C27H36O3. The van der Waals surface area contributed by atoms with E-state index in [0.717, 1.165) is 31.1 Å². The first-order chi connectivity index (χ1) is 14.1. The smallest absolute Gasteiger partial charge is 0.335 e. The van der Waals surface area contributed by atoms with Crippen molar-refractivity contribution in [2.24, 2.45) is 28.1 Å². The minimum absolute atomic E-state index is 0.141. The van der Waals surface area contributed by atoms with E-state index in [1.807, 2.05) is 12.1 Å². The molecule has 3 saturated carbocycles. The monoisotopic (exact) mass is 408 g/mol. The highest BCUT2D eigenvalue weighted by Gasteiger charge is 2.58. The summed E-state index contributed by atoms with van der Waals surface area (Å²) in [5.41, 5.74) is 3.44. The van der Waals surface area contributed by atoms with Gasteiger partial charge in [0.2, 0.25) is 0 Å². The van der Waals surface area contributed by atoms with E-state index in [4.69, 9.17) is 0 Å². The molecular weight excluding hydrogens is 372 g/mol. The molecule has 0 radical (unpaired) electrons. The van der Waals surface area contributed by atoms with E-state index in [-0.39, 0.29) is 16.2 Å². The van der Waals surface area contributed by atoms with Crippen LogP contribution in [0.2, 0.25) is 0 Å². The van der Waals surface area contributed by atoms with E-state index in [0.29, 0.717) is 17.3 Å². The summed E-state index contributed by atoms with van der Waals surface area (Å²) in [5, 5.41) is 9.39. The average Bonchev–Trinajstić information content (AvgIpc) is 2.83. The van der Waals surface area contributed by atoms with E-state index >= 15 is 0 Å². The molecule has 0 aromatic heterocycles. The van der Waals surface area contributed by atoms with Crippen molar-refractivity contribution >= 4 is 11.8 Å². The van der Waals surface area contributed by atoms with Crippen LogP contribution in [-0.2, 0) is 11.2 Å². The topological polar surface area (TPSA) is 54.4 Å². The van der Waals surface area contributed by atoms with Gasteiger partial charge in [0, 0.05) is 11.8 Å². The number of carboxylic acid groups (broad SMARTS) is 1. The Balaban J connectivity index is 1.46. The Morgan fingerprint density at radius 2 is 1.83 bits per heavy atom. The van der Waals surface area contributed by atoms with Crippen molar-refractivity contribution in [2.45, 2.75) is 90.9 Å². The number of aryl methyl sites for hydroxylation is 1. The van der Waals surface area contributed by atoms with E-state index in [9.17, 15) is 14.7 Å². The zero-order chi connectivity index (χ0) is 21.3. The summed E-state index contributed by atoms with van der Waals surface area (Å²) in [4.78, 5) is 24.5. The third kappa shape index (κ3) is 2.91. The molecule has 1 N–H and O–H groups in total. The van der Waals surface area contributed by atoms with Crippen LogP contribution in [0.1, 0.15) is 106 Å². The molecule has 0 heterocycles. The Bertz CT molecular complexity index is 899. The zero-order valence-corrected chi connectivity index (χ0v) is 18.8. The van der Waals surface area contributed by atoms with Crippen molar-refractivity contribution < 1.29 is 14.7 Å². The summed E-state index contributed by atoms with van der Waals surface area (Å²) >= 11 is 0. The third-order valence-electron chi connectivity index (χ3n) is 10.1. The standard InChI is InChI=1S/C27H36O3/c1-25(2)12-13-27(16-23(25)28)11-8-19-15-26(27,3)10-9-22-20-7-5-18(24(29)30)14-17(20)4-6-21(19)22/h5,7,14,19,21-22H,4,6,8-13,15-16H2,1-3H3,(H,29,30)/t19?,21?,22?,26-,27-/m0/s1. The van der Waals surface area contributed by atoms with Gasteiger partial charge >= 0.3 is 5.97 Å². The molecule has 5 atom stereocenters. The molecule has 0 aliphatic heterocycles. The molecule has 5 rings (SSSR count). The van der Waals surface area contributed by atoms with Crippen molar-refractivity contribution in [3.05, 3.63) is 34.9 Å². The first kappa shape index (κ1) is 20.3. The first-order valence-corrected chi connectivity index (χ1v) is 12.0. The summed E-state index contributed by atoms with van der Waals surface area (Å²) in [5.74, 6) is 1.71. The van der Waals surface area contributed by atoms with Crippen LogP contribution >= 0.6 is 0 Å². The molecule has 1 spiro atoms. The molecule has 30 heavy (non-hydrogen) atoms. The van der Waals surface area contributed by atoms with Gasteiger partial charge in [0.15, 0.2) is 0 Å². The van der Waals surface area contributed by atoms with Crippen LogP contribution in [-0.4, -0.2) is 16.9 Å². The van der Waals surface area contributed by atoms with E-state index in [2.05, 4.69) is 26.8 Å². The van der Waals surface area contributed by atoms with Gasteiger partial charge in [-0.1, -0.05) is 26.8 Å². The maximum atomic E-state index is 13.0. The second-order valence-electron chi connectivity index (χ2n) is 11.9. The molecule has 1 aromatic rings. The Hall–Kier alpha value is -1.64. The summed E-state index contributed by atoms with van der Waals surface area (Å²) in [6.07, 6.45) is 11.4. The number of Topliss-reactive ketones (excluding diaryl/α,β-unsaturated/α-hetero) is 1. The molecule has 0 saturated heterocycles. The SMILES string of the molecule is CC1(C)CC[C@@]2(CCC3C[C@]2(C)CCC2c4ccc(C(=O)O)cc4CCC32)CC1=O. The highest BCUT2D eigenvalue weighted by Crippen LogP contribution is 2.66. The molecule has 4 aliphatic carbocycles. The van der Waals surface area contributed by atoms with Crippen LogP contribution in [0.3, 0.4) is 0 Å². The second kappa shape index (κ2) is 6.68. The lowest BCUT2D eigenvalue weighted by Gasteiger charge is -2.57. The van der Waals surface area contributed by atoms with Crippen molar-refractivity contribution in [3.63, 3.8) is 0 Å². The highest BCUT2D eigenvalue weighted by atomic mass is 16.4. The minimum Gasteiger partial charge on any atom is -0.478 e. The lowest BCUT2D eigenvalue weighted by molar-refractivity contribution is -0.145. The maximum absolute atomic E-state index is 13.0. The molecule has 3 fully saturated rings. The van der Waals surface area contributed by atoms with Crippen LogP contribution in [0.25, 0.3) is 0 Å². The quantitative estimate of drug-likeness (QED) is 0.585. The molecule has 0 amide bonds. The van der Waals surface area contributed by atoms with E-state index in [1.165, 1.54) is 56.1 Å². The van der Waals surface area contributed by atoms with Gasteiger partial charge in [-0.3, -0.25) is 4.79 Å². The number of fused-ring (bicyclic) bond motifs is 7. The lowest BCUT2D eigenvalue weighted by Crippen LogP contribution is -2.51. The van der Waals surface area contributed by atoms with E-state index < -0.39 is 5.97 Å². The number of carbonyl (C=O) groups excluding carboxylic acids is 1. The Kier molecular flexibility index (Phi) is 4.51. The van der Waals surface area contributed by atoms with E-state index in [1.54, 1.807) is 0 Å². The van der Waals surface area contributed by atoms with Crippen molar-refractivity contribution in [1.82, 2.24) is 0 Å². The fourth-order valence-electron chi connectivity index (χ4n) is 7.93. The Labute approximate surface area is 180 Å². The van der Waals surface area contributed by atoms with Crippen LogP contribution in [0, 0.1) is 28.1 Å². The fourth-order valence-corrected chi connectivity index (χ4v) is 7.93. The molecule has 3 nitrogen and oxygen atoms in total. The number of ketones is 1. The predicted molar refractivity (Wildman–Crippen MR) is 118 cm³/mol. The molecule has 162 valence electrons. The molecule has 2 bridgehead atoms. The Morgan fingerprint density at radius 1 is 1.03 bits per heavy atom. The number of hydrogen-bond acceptors (Lipinski definition) is 2. The van der Waals surface area contributed by atoms with Gasteiger partial charge in [-0.15, -0.1) is 0 Å². The largest absolute Gasteiger partial charge is 0.478 e. The average molecular weight is 409 g/mol. The fraction of sp³-hybridized carbons (Fsp3) is 0.704. The molecule has 4 aliphatic rings. The van der Waals surface area contributed by atoms with Gasteiger partial charge in [-0.2, -0.15) is 0 Å². The van der Waals surface area contributed by atoms with Crippen LogP contribution in [0.4, 0.5) is 0 Å². The summed E-state index contributed by atoms with van der Waals surface area (Å²) in [6, 6.07) is 5.86. The number of carboxylic acids is 1. The normalized spacial score (nSPS) is 39.7. The van der Waals surface area contributed by atoms with Crippen molar-refractivity contribution in [2.75, 3.05) is 0 Å². The van der Waals surface area contributed by atoms with Crippen LogP contribution in [0.15, 0.2) is 18.2 Å². The molecule has 3 unspecified atom stereocenters. The minimum atomic E-state index is -0.823. The Morgan fingerprint density at radius 3 is 2.57 bits per heavy atom. The van der Waals surface area contributed by atoms with Crippen molar-refractivity contribution in [1.29, 1.82) is 0 Å².